The highest BCUT2D eigenvalue weighted by Gasteiger charge is 2.10. The normalized spacial score (nSPS) is 10.5. The molecule has 19 heavy (non-hydrogen) atoms. The largest absolute Gasteiger partial charge is 0.293 e. The molecule has 0 aromatic heterocycles. The summed E-state index contributed by atoms with van der Waals surface area (Å²) in [6, 6.07) is 14.2. The summed E-state index contributed by atoms with van der Waals surface area (Å²) < 4.78 is 0. The van der Waals surface area contributed by atoms with Crippen molar-refractivity contribution in [3.63, 3.8) is 0 Å². The van der Waals surface area contributed by atoms with Crippen LogP contribution in [-0.2, 0) is 0 Å². The molecule has 0 aliphatic heterocycles. The van der Waals surface area contributed by atoms with Crippen LogP contribution in [0.2, 0.25) is 0 Å². The van der Waals surface area contributed by atoms with Gasteiger partial charge in [0.25, 0.3) is 0 Å². The van der Waals surface area contributed by atoms with Crippen molar-refractivity contribution in [2.75, 3.05) is 5.75 Å². The first-order chi connectivity index (χ1) is 9.08. The van der Waals surface area contributed by atoms with E-state index in [1.165, 1.54) is 11.1 Å². The number of aryl methyl sites for hydroxylation is 2. The molecule has 0 radical (unpaired) electrons. The molecule has 0 atom stereocenters. The van der Waals surface area contributed by atoms with Crippen LogP contribution in [0, 0.1) is 20.8 Å². The topological polar surface area (TPSA) is 17.1 Å². The Balaban J connectivity index is 2.05. The molecular weight excluding hydrogens is 252 g/mol. The molecule has 0 heterocycles. The maximum absolute atomic E-state index is 12.2. The lowest BCUT2D eigenvalue weighted by molar-refractivity contribution is 0.102. The van der Waals surface area contributed by atoms with E-state index in [2.05, 4.69) is 31.2 Å². The van der Waals surface area contributed by atoms with Gasteiger partial charge in [-0.1, -0.05) is 35.9 Å². The van der Waals surface area contributed by atoms with Gasteiger partial charge in [-0.15, -0.1) is 11.8 Å². The number of hydrogen-bond donors (Lipinski definition) is 0. The third kappa shape index (κ3) is 3.48. The maximum Gasteiger partial charge on any atom is 0.173 e. The Morgan fingerprint density at radius 2 is 1.68 bits per heavy atom. The summed E-state index contributed by atoms with van der Waals surface area (Å²) in [6.07, 6.45) is 0. The molecule has 0 unspecified atom stereocenters. The lowest BCUT2D eigenvalue weighted by Gasteiger charge is -2.07. The third-order valence-corrected chi connectivity index (χ3v) is 4.31. The molecule has 0 fully saturated rings. The van der Waals surface area contributed by atoms with Crippen LogP contribution in [0.1, 0.15) is 27.0 Å². The minimum absolute atomic E-state index is 0.201. The van der Waals surface area contributed by atoms with E-state index in [1.54, 1.807) is 11.8 Å². The molecule has 0 N–H and O–H groups in total. The summed E-state index contributed by atoms with van der Waals surface area (Å²) in [5.41, 5.74) is 4.35. The Labute approximate surface area is 119 Å². The van der Waals surface area contributed by atoms with Gasteiger partial charge in [0.2, 0.25) is 0 Å². The zero-order valence-electron chi connectivity index (χ0n) is 11.6. The highest BCUT2D eigenvalue weighted by Crippen LogP contribution is 2.21. The SMILES string of the molecule is Cc1ccc(SCC(=O)c2cccc(C)c2C)cc1. The molecule has 98 valence electrons. The minimum Gasteiger partial charge on any atom is -0.293 e. The lowest BCUT2D eigenvalue weighted by atomic mass is 10.0. The average molecular weight is 270 g/mol. The molecule has 0 bridgehead atoms. The summed E-state index contributed by atoms with van der Waals surface area (Å²) in [6.45, 7) is 6.12. The molecule has 0 saturated heterocycles. The van der Waals surface area contributed by atoms with E-state index in [0.717, 1.165) is 16.0 Å². The van der Waals surface area contributed by atoms with Crippen LogP contribution < -0.4 is 0 Å². The highest BCUT2D eigenvalue weighted by molar-refractivity contribution is 8.00. The molecule has 0 amide bonds. The molecule has 0 aliphatic carbocycles. The second-order valence-electron chi connectivity index (χ2n) is 4.77. The molecule has 2 aromatic carbocycles. The van der Waals surface area contributed by atoms with Crippen LogP contribution in [0.15, 0.2) is 47.4 Å². The molecular formula is C17H18OS. The number of ketones is 1. The summed E-state index contributed by atoms with van der Waals surface area (Å²) in [5.74, 6) is 0.694. The summed E-state index contributed by atoms with van der Waals surface area (Å²) in [5, 5.41) is 0. The molecule has 0 spiro atoms. The number of Topliss-reactive ketones (excluding diaryl/α,β-unsaturated/α-hetero) is 1. The Hall–Kier alpha value is -1.54. The number of thioether (sulfide) groups is 1. The number of rotatable bonds is 4. The molecule has 2 aromatic rings. The van der Waals surface area contributed by atoms with Gasteiger partial charge < -0.3 is 0 Å². The van der Waals surface area contributed by atoms with E-state index in [-0.39, 0.29) is 5.78 Å². The average Bonchev–Trinajstić information content (AvgIpc) is 2.41. The monoisotopic (exact) mass is 270 g/mol. The van der Waals surface area contributed by atoms with Gasteiger partial charge in [-0.3, -0.25) is 4.79 Å². The van der Waals surface area contributed by atoms with Crippen LogP contribution in [0.3, 0.4) is 0 Å². The first-order valence-electron chi connectivity index (χ1n) is 6.37. The zero-order valence-corrected chi connectivity index (χ0v) is 12.4. The predicted octanol–water partition coefficient (Wildman–Crippen LogP) is 4.59. The van der Waals surface area contributed by atoms with Crippen molar-refractivity contribution in [1.29, 1.82) is 0 Å². The van der Waals surface area contributed by atoms with Gasteiger partial charge in [0.05, 0.1) is 5.75 Å². The van der Waals surface area contributed by atoms with Gasteiger partial charge in [0, 0.05) is 10.5 Å². The minimum atomic E-state index is 0.201. The van der Waals surface area contributed by atoms with Gasteiger partial charge in [0.1, 0.15) is 0 Å². The number of benzene rings is 2. The van der Waals surface area contributed by atoms with Crippen molar-refractivity contribution < 1.29 is 4.79 Å². The molecule has 0 aliphatic rings. The van der Waals surface area contributed by atoms with Gasteiger partial charge in [-0.05, 0) is 44.0 Å². The van der Waals surface area contributed by atoms with Crippen LogP contribution >= 0.6 is 11.8 Å². The van der Waals surface area contributed by atoms with Gasteiger partial charge in [-0.25, -0.2) is 0 Å². The van der Waals surface area contributed by atoms with Gasteiger partial charge in [-0.2, -0.15) is 0 Å². The Morgan fingerprint density at radius 3 is 2.37 bits per heavy atom. The van der Waals surface area contributed by atoms with Crippen LogP contribution in [0.25, 0.3) is 0 Å². The number of carbonyl (C=O) groups excluding carboxylic acids is 1. The summed E-state index contributed by atoms with van der Waals surface area (Å²) in [7, 11) is 0. The molecule has 2 heteroatoms. The van der Waals surface area contributed by atoms with Crippen molar-refractivity contribution in [3.05, 3.63) is 64.7 Å². The van der Waals surface area contributed by atoms with Crippen LogP contribution in [-0.4, -0.2) is 11.5 Å². The van der Waals surface area contributed by atoms with Crippen LogP contribution in [0.4, 0.5) is 0 Å². The smallest absolute Gasteiger partial charge is 0.173 e. The Morgan fingerprint density at radius 1 is 1.00 bits per heavy atom. The molecule has 0 saturated carbocycles. The highest BCUT2D eigenvalue weighted by atomic mass is 32.2. The fourth-order valence-corrected chi connectivity index (χ4v) is 2.70. The van der Waals surface area contributed by atoms with Gasteiger partial charge in [0.15, 0.2) is 5.78 Å². The van der Waals surface area contributed by atoms with Crippen molar-refractivity contribution >= 4 is 17.5 Å². The van der Waals surface area contributed by atoms with Crippen molar-refractivity contribution in [2.45, 2.75) is 25.7 Å². The second kappa shape index (κ2) is 6.07. The third-order valence-electron chi connectivity index (χ3n) is 3.30. The summed E-state index contributed by atoms with van der Waals surface area (Å²) >= 11 is 1.60. The molecule has 2 rings (SSSR count). The first-order valence-corrected chi connectivity index (χ1v) is 7.35. The fourth-order valence-electron chi connectivity index (χ4n) is 1.91. The van der Waals surface area contributed by atoms with Gasteiger partial charge >= 0.3 is 0 Å². The lowest BCUT2D eigenvalue weighted by Crippen LogP contribution is -2.05. The van der Waals surface area contributed by atoms with E-state index >= 15 is 0 Å². The van der Waals surface area contributed by atoms with E-state index in [4.69, 9.17) is 0 Å². The van der Waals surface area contributed by atoms with E-state index < -0.39 is 0 Å². The number of hydrogen-bond acceptors (Lipinski definition) is 2. The van der Waals surface area contributed by atoms with E-state index in [9.17, 15) is 4.79 Å². The van der Waals surface area contributed by atoms with Crippen molar-refractivity contribution in [1.82, 2.24) is 0 Å². The number of carbonyl (C=O) groups is 1. The quantitative estimate of drug-likeness (QED) is 0.597. The van der Waals surface area contributed by atoms with E-state index in [0.29, 0.717) is 5.75 Å². The van der Waals surface area contributed by atoms with Crippen molar-refractivity contribution in [3.8, 4) is 0 Å². The first kappa shape index (κ1) is 13.9. The Bertz CT molecular complexity index is 585. The zero-order chi connectivity index (χ0) is 13.8. The summed E-state index contributed by atoms with van der Waals surface area (Å²) in [4.78, 5) is 13.4. The Kier molecular flexibility index (Phi) is 4.43. The van der Waals surface area contributed by atoms with E-state index in [1.807, 2.05) is 32.0 Å². The maximum atomic E-state index is 12.2. The second-order valence-corrected chi connectivity index (χ2v) is 5.82. The van der Waals surface area contributed by atoms with Crippen molar-refractivity contribution in [2.24, 2.45) is 0 Å². The van der Waals surface area contributed by atoms with Crippen LogP contribution in [0.5, 0.6) is 0 Å². The molecule has 1 nitrogen and oxygen atoms in total. The standard InChI is InChI=1S/C17H18OS/c1-12-7-9-15(10-8-12)19-11-17(18)16-6-4-5-13(2)14(16)3/h4-10H,11H2,1-3H3. The predicted molar refractivity (Wildman–Crippen MR) is 82.1 cm³/mol. The fraction of sp³-hybridized carbons (Fsp3) is 0.235.